The maximum atomic E-state index is 9.86. The van der Waals surface area contributed by atoms with Gasteiger partial charge in [0.15, 0.2) is 0 Å². The third-order valence-corrected chi connectivity index (χ3v) is 1.85. The number of hydrogen-bond acceptors (Lipinski definition) is 11. The molecule has 0 saturated heterocycles. The minimum atomic E-state index is -1.92. The van der Waals surface area contributed by atoms with Gasteiger partial charge >= 0.3 is 18.5 Å². The summed E-state index contributed by atoms with van der Waals surface area (Å²) in [6.45, 7) is -1.45. The van der Waals surface area contributed by atoms with Crippen molar-refractivity contribution in [3.05, 3.63) is 0 Å². The Hall–Kier alpha value is -2.03. The summed E-state index contributed by atoms with van der Waals surface area (Å²) in [7, 11) is 0. The number of carboxylic acid groups (broad SMARTS) is 2. The van der Waals surface area contributed by atoms with Crippen molar-refractivity contribution in [1.82, 2.24) is 0 Å². The van der Waals surface area contributed by atoms with Gasteiger partial charge in [-0.25, -0.2) is 14.4 Å². The Bertz CT molecular complexity index is 323. The minimum absolute atomic E-state index is 0.726. The first kappa shape index (κ1) is 22.3. The standard InChI is InChI=1S/C6H14O6.C3H2O7/c7-1-3(9)5(11)6(12)4(10)2-8;4-1(5)9-3(8)10-2(6)7/h3-12H,1-2H2;(H,4,5)(H,6,7)/t3-,4+,5-,6-;/m1./s1. The van der Waals surface area contributed by atoms with Gasteiger partial charge in [-0.1, -0.05) is 0 Å². The number of carbonyl (C=O) groups is 3. The Morgan fingerprint density at radius 1 is 0.727 bits per heavy atom. The molecule has 22 heavy (non-hydrogen) atoms. The predicted molar refractivity (Wildman–Crippen MR) is 61.8 cm³/mol. The molecule has 0 aliphatic heterocycles. The number of hydrogen-bond donors (Lipinski definition) is 8. The van der Waals surface area contributed by atoms with E-state index in [-0.39, 0.29) is 0 Å². The molecule has 0 aliphatic rings. The smallest absolute Gasteiger partial charge is 0.449 e. The lowest BCUT2D eigenvalue weighted by molar-refractivity contribution is -0.123. The van der Waals surface area contributed by atoms with E-state index in [2.05, 4.69) is 9.47 Å². The van der Waals surface area contributed by atoms with Crippen molar-refractivity contribution in [2.24, 2.45) is 0 Å². The van der Waals surface area contributed by atoms with Crippen LogP contribution in [0.15, 0.2) is 0 Å². The van der Waals surface area contributed by atoms with Crippen molar-refractivity contribution in [3.8, 4) is 0 Å². The zero-order valence-corrected chi connectivity index (χ0v) is 10.8. The molecule has 0 aliphatic carbocycles. The Labute approximate surface area is 122 Å². The van der Waals surface area contributed by atoms with E-state index in [0.29, 0.717) is 0 Å². The van der Waals surface area contributed by atoms with Crippen molar-refractivity contribution < 1.29 is 64.7 Å². The van der Waals surface area contributed by atoms with Gasteiger partial charge in [0.2, 0.25) is 0 Å². The van der Waals surface area contributed by atoms with Crippen molar-refractivity contribution in [2.75, 3.05) is 13.2 Å². The molecule has 0 heterocycles. The predicted octanol–water partition coefficient (Wildman–Crippen LogP) is -3.09. The van der Waals surface area contributed by atoms with E-state index >= 15 is 0 Å². The maximum absolute atomic E-state index is 9.86. The molecule has 0 fully saturated rings. The van der Waals surface area contributed by atoms with Crippen LogP contribution in [-0.2, 0) is 9.47 Å². The third kappa shape index (κ3) is 10.7. The monoisotopic (exact) mass is 332 g/mol. The number of aliphatic hydroxyl groups is 6. The van der Waals surface area contributed by atoms with Gasteiger partial charge in [-0.2, -0.15) is 0 Å². The van der Waals surface area contributed by atoms with Crippen LogP contribution in [0, 0.1) is 0 Å². The van der Waals surface area contributed by atoms with E-state index in [9.17, 15) is 14.4 Å². The molecule has 0 saturated carbocycles. The first-order valence-electron chi connectivity index (χ1n) is 5.36. The highest BCUT2D eigenvalue weighted by molar-refractivity contribution is 5.82. The molecular weight excluding hydrogens is 316 g/mol. The Kier molecular flexibility index (Phi) is 11.7. The number of ether oxygens (including phenoxy) is 2. The highest BCUT2D eigenvalue weighted by atomic mass is 16.8. The second-order valence-corrected chi connectivity index (χ2v) is 3.47. The fourth-order valence-corrected chi connectivity index (χ4v) is 0.835. The molecule has 0 radical (unpaired) electrons. The average Bonchev–Trinajstić information content (AvgIpc) is 2.42. The van der Waals surface area contributed by atoms with Gasteiger partial charge < -0.3 is 50.3 Å². The number of rotatable bonds is 5. The second kappa shape index (κ2) is 11.6. The van der Waals surface area contributed by atoms with Gasteiger partial charge in [0, 0.05) is 0 Å². The van der Waals surface area contributed by atoms with Crippen LogP contribution in [0.1, 0.15) is 0 Å². The highest BCUT2D eigenvalue weighted by Crippen LogP contribution is 2.04. The van der Waals surface area contributed by atoms with Crippen molar-refractivity contribution >= 4 is 18.5 Å². The summed E-state index contributed by atoms with van der Waals surface area (Å²) in [5.41, 5.74) is 0. The SMILES string of the molecule is O=C(O)OC(=O)OC(=O)O.OC[C@@H](O)[C@@H](O)[C@H](O)[C@@H](O)CO. The largest absolute Gasteiger partial charge is 0.528 e. The van der Waals surface area contributed by atoms with Gasteiger partial charge in [0.1, 0.15) is 24.4 Å². The summed E-state index contributed by atoms with van der Waals surface area (Å²) in [6, 6.07) is 0. The topological polar surface area (TPSA) is 232 Å². The van der Waals surface area contributed by atoms with E-state index in [4.69, 9.17) is 40.9 Å². The van der Waals surface area contributed by atoms with Crippen LogP contribution in [0.5, 0.6) is 0 Å². The van der Waals surface area contributed by atoms with Gasteiger partial charge in [0.25, 0.3) is 0 Å². The second-order valence-electron chi connectivity index (χ2n) is 3.47. The molecule has 130 valence electrons. The molecule has 13 nitrogen and oxygen atoms in total. The summed E-state index contributed by atoms with van der Waals surface area (Å²) in [6.07, 6.45) is -12.0. The fraction of sp³-hybridized carbons (Fsp3) is 0.667. The van der Waals surface area contributed by atoms with Crippen LogP contribution < -0.4 is 0 Å². The summed E-state index contributed by atoms with van der Waals surface area (Å²) in [5.74, 6) is 0. The summed E-state index contributed by atoms with van der Waals surface area (Å²) >= 11 is 0. The summed E-state index contributed by atoms with van der Waals surface area (Å²) in [5, 5.41) is 67.5. The van der Waals surface area contributed by atoms with Crippen molar-refractivity contribution in [2.45, 2.75) is 24.4 Å². The molecule has 13 heteroatoms. The lowest BCUT2D eigenvalue weighted by Crippen LogP contribution is -2.46. The molecule has 8 N–H and O–H groups in total. The van der Waals surface area contributed by atoms with Crippen LogP contribution in [0.3, 0.4) is 0 Å². The molecule has 0 spiro atoms. The Morgan fingerprint density at radius 2 is 1.00 bits per heavy atom. The third-order valence-electron chi connectivity index (χ3n) is 1.85. The average molecular weight is 332 g/mol. The molecule has 0 aromatic carbocycles. The molecule has 0 amide bonds. The zero-order valence-electron chi connectivity index (χ0n) is 10.8. The van der Waals surface area contributed by atoms with Gasteiger partial charge in [-0.15, -0.1) is 0 Å². The lowest BCUT2D eigenvalue weighted by Gasteiger charge is -2.24. The lowest BCUT2D eigenvalue weighted by atomic mass is 10.0. The molecule has 0 aromatic rings. The minimum Gasteiger partial charge on any atom is -0.449 e. The molecule has 0 aromatic heterocycles. The van der Waals surface area contributed by atoms with Crippen molar-refractivity contribution in [3.63, 3.8) is 0 Å². The molecule has 0 bridgehead atoms. The number of aliphatic hydroxyl groups excluding tert-OH is 6. The Balaban J connectivity index is 0. The molecule has 0 unspecified atom stereocenters. The van der Waals surface area contributed by atoms with Gasteiger partial charge in [0.05, 0.1) is 13.2 Å². The fourth-order valence-electron chi connectivity index (χ4n) is 0.835. The Morgan fingerprint density at radius 3 is 1.18 bits per heavy atom. The van der Waals surface area contributed by atoms with Gasteiger partial charge in [-0.05, 0) is 0 Å². The van der Waals surface area contributed by atoms with Crippen LogP contribution in [-0.4, -0.2) is 96.9 Å². The van der Waals surface area contributed by atoms with Crippen LogP contribution in [0.4, 0.5) is 14.4 Å². The van der Waals surface area contributed by atoms with Crippen molar-refractivity contribution in [1.29, 1.82) is 0 Å². The van der Waals surface area contributed by atoms with Crippen LogP contribution in [0.25, 0.3) is 0 Å². The van der Waals surface area contributed by atoms with E-state index < -0.39 is 56.1 Å². The molecular formula is C9H16O13. The first-order chi connectivity index (χ1) is 10.1. The van der Waals surface area contributed by atoms with Crippen LogP contribution in [0.2, 0.25) is 0 Å². The molecule has 0 rings (SSSR count). The van der Waals surface area contributed by atoms with E-state index in [1.54, 1.807) is 0 Å². The highest BCUT2D eigenvalue weighted by Gasteiger charge is 2.29. The quantitative estimate of drug-likeness (QED) is 0.184. The molecule has 4 atom stereocenters. The number of carbonyl (C=O) groups excluding carboxylic acids is 1. The maximum Gasteiger partial charge on any atom is 0.528 e. The van der Waals surface area contributed by atoms with Gasteiger partial charge in [-0.3, -0.25) is 0 Å². The normalized spacial score (nSPS) is 15.4. The van der Waals surface area contributed by atoms with E-state index in [0.717, 1.165) is 0 Å². The van der Waals surface area contributed by atoms with E-state index in [1.807, 2.05) is 0 Å². The summed E-state index contributed by atoms with van der Waals surface area (Å²) < 4.78 is 6.47. The summed E-state index contributed by atoms with van der Waals surface area (Å²) in [4.78, 5) is 28.8. The zero-order chi connectivity index (χ0) is 17.9. The van der Waals surface area contributed by atoms with E-state index in [1.165, 1.54) is 0 Å². The first-order valence-corrected chi connectivity index (χ1v) is 5.36. The van der Waals surface area contributed by atoms with Crippen LogP contribution >= 0.6 is 0 Å².